The zero-order chi connectivity index (χ0) is 22.5. The molecule has 9 heteroatoms. The second-order valence-corrected chi connectivity index (χ2v) is 7.29. The van der Waals surface area contributed by atoms with E-state index in [4.69, 9.17) is 18.6 Å². The number of benzene rings is 2. The highest BCUT2D eigenvalue weighted by molar-refractivity contribution is 7.07. The SMILES string of the molecule is COc1cc(-c2csc(=Nc3ccccc3F)n2/N=C/c2ccco2)cc(OC)c1OC. The molecule has 0 saturated heterocycles. The molecule has 164 valence electrons. The van der Waals surface area contributed by atoms with Gasteiger partial charge in [-0.2, -0.15) is 5.10 Å². The smallest absolute Gasteiger partial charge is 0.211 e. The predicted molar refractivity (Wildman–Crippen MR) is 121 cm³/mol. The van der Waals surface area contributed by atoms with Crippen LogP contribution in [0.4, 0.5) is 10.1 Å². The van der Waals surface area contributed by atoms with E-state index >= 15 is 0 Å². The third-order valence-electron chi connectivity index (χ3n) is 4.56. The Morgan fingerprint density at radius 2 is 1.75 bits per heavy atom. The van der Waals surface area contributed by atoms with Gasteiger partial charge in [0.25, 0.3) is 0 Å². The second kappa shape index (κ2) is 9.52. The molecule has 0 unspecified atom stereocenters. The normalized spacial score (nSPS) is 11.8. The highest BCUT2D eigenvalue weighted by Gasteiger charge is 2.17. The first-order valence-corrected chi connectivity index (χ1v) is 10.4. The summed E-state index contributed by atoms with van der Waals surface area (Å²) < 4.78 is 37.6. The van der Waals surface area contributed by atoms with Crippen LogP contribution in [0.1, 0.15) is 5.76 Å². The number of nitrogens with zero attached hydrogens (tertiary/aromatic N) is 3. The molecule has 2 aromatic carbocycles. The molecule has 0 saturated carbocycles. The quantitative estimate of drug-likeness (QED) is 0.366. The van der Waals surface area contributed by atoms with Gasteiger partial charge in [-0.3, -0.25) is 0 Å². The number of furan rings is 1. The number of ether oxygens (including phenoxy) is 3. The van der Waals surface area contributed by atoms with Crippen LogP contribution in [0.2, 0.25) is 0 Å². The minimum atomic E-state index is -0.420. The molecule has 0 spiro atoms. The summed E-state index contributed by atoms with van der Waals surface area (Å²) in [6.45, 7) is 0. The Kier molecular flexibility index (Phi) is 6.37. The molecule has 0 radical (unpaired) electrons. The van der Waals surface area contributed by atoms with Crippen molar-refractivity contribution in [1.82, 2.24) is 4.68 Å². The molecule has 0 fully saturated rings. The third kappa shape index (κ3) is 4.28. The summed E-state index contributed by atoms with van der Waals surface area (Å²) >= 11 is 1.32. The van der Waals surface area contributed by atoms with E-state index in [9.17, 15) is 4.39 Å². The molecule has 2 heterocycles. The summed E-state index contributed by atoms with van der Waals surface area (Å²) in [5, 5.41) is 6.42. The van der Waals surface area contributed by atoms with Crippen LogP contribution in [0.5, 0.6) is 17.2 Å². The van der Waals surface area contributed by atoms with E-state index in [1.165, 1.54) is 17.4 Å². The number of hydrogen-bond donors (Lipinski definition) is 0. The molecule has 0 atom stereocenters. The lowest BCUT2D eigenvalue weighted by Crippen LogP contribution is -2.11. The molecule has 0 N–H and O–H groups in total. The van der Waals surface area contributed by atoms with Crippen LogP contribution in [-0.4, -0.2) is 32.2 Å². The fraction of sp³-hybridized carbons (Fsp3) is 0.130. The minimum Gasteiger partial charge on any atom is -0.493 e. The van der Waals surface area contributed by atoms with Crippen molar-refractivity contribution in [3.05, 3.63) is 76.6 Å². The van der Waals surface area contributed by atoms with Crippen molar-refractivity contribution in [3.8, 4) is 28.5 Å². The lowest BCUT2D eigenvalue weighted by molar-refractivity contribution is 0.324. The predicted octanol–water partition coefficient (Wildman–Crippen LogP) is 5.09. The van der Waals surface area contributed by atoms with Crippen molar-refractivity contribution in [2.75, 3.05) is 21.3 Å². The van der Waals surface area contributed by atoms with Crippen LogP contribution in [0.25, 0.3) is 11.3 Å². The molecule has 0 aliphatic rings. The number of aromatic nitrogens is 1. The summed E-state index contributed by atoms with van der Waals surface area (Å²) in [7, 11) is 4.65. The summed E-state index contributed by atoms with van der Waals surface area (Å²) in [5.74, 6) is 1.63. The summed E-state index contributed by atoms with van der Waals surface area (Å²) in [6.07, 6.45) is 3.12. The molecule has 7 nitrogen and oxygen atoms in total. The number of rotatable bonds is 7. The number of halogens is 1. The summed E-state index contributed by atoms with van der Waals surface area (Å²) in [4.78, 5) is 4.95. The van der Waals surface area contributed by atoms with E-state index in [0.29, 0.717) is 33.5 Å². The molecule has 0 bridgehead atoms. The van der Waals surface area contributed by atoms with Crippen molar-refractivity contribution in [3.63, 3.8) is 0 Å². The number of thiazole rings is 1. The Morgan fingerprint density at radius 3 is 2.38 bits per heavy atom. The number of methoxy groups -OCH3 is 3. The summed E-state index contributed by atoms with van der Waals surface area (Å²) in [6, 6.07) is 13.5. The van der Waals surface area contributed by atoms with Gasteiger partial charge in [-0.25, -0.2) is 14.1 Å². The fourth-order valence-electron chi connectivity index (χ4n) is 3.04. The zero-order valence-corrected chi connectivity index (χ0v) is 18.4. The Morgan fingerprint density at radius 1 is 1.00 bits per heavy atom. The molecule has 0 aliphatic heterocycles. The van der Waals surface area contributed by atoms with Crippen molar-refractivity contribution in [1.29, 1.82) is 0 Å². The highest BCUT2D eigenvalue weighted by atomic mass is 32.1. The molecule has 32 heavy (non-hydrogen) atoms. The lowest BCUT2D eigenvalue weighted by atomic mass is 10.1. The van der Waals surface area contributed by atoms with Gasteiger partial charge in [0.05, 0.1) is 39.5 Å². The topological polar surface area (TPSA) is 70.5 Å². The molecule has 2 aromatic heterocycles. The molecule has 0 aliphatic carbocycles. The molecule has 0 amide bonds. The van der Waals surface area contributed by atoms with Crippen molar-refractivity contribution < 1.29 is 23.0 Å². The van der Waals surface area contributed by atoms with E-state index < -0.39 is 5.82 Å². The Balaban J connectivity index is 1.92. The van der Waals surface area contributed by atoms with Crippen LogP contribution < -0.4 is 19.0 Å². The molecular formula is C23H20FN3O4S. The van der Waals surface area contributed by atoms with Gasteiger partial charge < -0.3 is 18.6 Å². The van der Waals surface area contributed by atoms with Gasteiger partial charge in [0, 0.05) is 10.9 Å². The minimum absolute atomic E-state index is 0.216. The van der Waals surface area contributed by atoms with Gasteiger partial charge in [0.1, 0.15) is 17.3 Å². The van der Waals surface area contributed by atoms with Crippen LogP contribution >= 0.6 is 11.3 Å². The van der Waals surface area contributed by atoms with Crippen LogP contribution in [0.15, 0.2) is 74.7 Å². The maximum atomic E-state index is 14.2. The fourth-order valence-corrected chi connectivity index (χ4v) is 3.89. The van der Waals surface area contributed by atoms with E-state index in [-0.39, 0.29) is 5.69 Å². The maximum absolute atomic E-state index is 14.2. The van der Waals surface area contributed by atoms with E-state index in [0.717, 1.165) is 5.56 Å². The van der Waals surface area contributed by atoms with Crippen molar-refractivity contribution >= 4 is 23.2 Å². The van der Waals surface area contributed by atoms with Crippen molar-refractivity contribution in [2.45, 2.75) is 0 Å². The zero-order valence-electron chi connectivity index (χ0n) is 17.6. The molecule has 4 aromatic rings. The average molecular weight is 453 g/mol. The van der Waals surface area contributed by atoms with Gasteiger partial charge in [-0.15, -0.1) is 11.3 Å². The highest BCUT2D eigenvalue weighted by Crippen LogP contribution is 2.41. The Bertz CT molecular complexity index is 1280. The van der Waals surface area contributed by atoms with Crippen LogP contribution in [0.3, 0.4) is 0 Å². The monoisotopic (exact) mass is 453 g/mol. The molecule has 4 rings (SSSR count). The number of hydrogen-bond acceptors (Lipinski definition) is 7. The van der Waals surface area contributed by atoms with Gasteiger partial charge in [0.2, 0.25) is 10.6 Å². The van der Waals surface area contributed by atoms with Crippen molar-refractivity contribution in [2.24, 2.45) is 10.1 Å². The van der Waals surface area contributed by atoms with E-state index in [1.807, 2.05) is 17.5 Å². The number of para-hydroxylation sites is 1. The first kappa shape index (κ1) is 21.4. The second-order valence-electron chi connectivity index (χ2n) is 6.45. The standard InChI is InChI=1S/C23H20FN3O4S/c1-28-20-11-15(12-21(29-2)22(20)30-3)19-14-32-23(26-18-9-5-4-8-17(18)24)27(19)25-13-16-7-6-10-31-16/h4-14H,1-3H3/b25-13+,26-23?. The first-order valence-electron chi connectivity index (χ1n) is 9.52. The van der Waals surface area contributed by atoms with Crippen LogP contribution in [0, 0.1) is 5.82 Å². The average Bonchev–Trinajstić information content (AvgIpc) is 3.48. The lowest BCUT2D eigenvalue weighted by Gasteiger charge is -2.14. The van der Waals surface area contributed by atoms with E-state index in [2.05, 4.69) is 10.1 Å². The van der Waals surface area contributed by atoms with E-state index in [1.54, 1.807) is 68.8 Å². The largest absolute Gasteiger partial charge is 0.493 e. The maximum Gasteiger partial charge on any atom is 0.211 e. The third-order valence-corrected chi connectivity index (χ3v) is 5.37. The van der Waals surface area contributed by atoms with Gasteiger partial charge >= 0.3 is 0 Å². The van der Waals surface area contributed by atoms with Gasteiger partial charge in [-0.1, -0.05) is 12.1 Å². The van der Waals surface area contributed by atoms with Gasteiger partial charge in [-0.05, 0) is 36.4 Å². The van der Waals surface area contributed by atoms with Crippen LogP contribution in [-0.2, 0) is 0 Å². The summed E-state index contributed by atoms with van der Waals surface area (Å²) in [5.41, 5.74) is 1.67. The molecular weight excluding hydrogens is 433 g/mol. The van der Waals surface area contributed by atoms with Gasteiger partial charge in [0.15, 0.2) is 11.5 Å². The Hall–Kier alpha value is -3.85. The Labute approximate surface area is 187 Å². The first-order chi connectivity index (χ1) is 15.6.